The molecule has 1 aromatic heterocycles. The molecule has 1 aliphatic rings. The first kappa shape index (κ1) is 21.1. The molecule has 1 atom stereocenters. The van der Waals surface area contributed by atoms with Crippen LogP contribution in [0.2, 0.25) is 5.02 Å². The van der Waals surface area contributed by atoms with Crippen molar-refractivity contribution in [3.63, 3.8) is 0 Å². The van der Waals surface area contributed by atoms with E-state index >= 15 is 0 Å². The SMILES string of the molecule is CC[NH+](CC)CCN1C(=O)c2oc3ccc(Br)cc3c(=O)c2C1c1ccc(Cl)cc1. The Morgan fingerprint density at radius 3 is 2.47 bits per heavy atom. The number of quaternary nitrogens is 1. The van der Waals surface area contributed by atoms with Gasteiger partial charge in [-0.1, -0.05) is 39.7 Å². The van der Waals surface area contributed by atoms with Crippen LogP contribution < -0.4 is 10.3 Å². The summed E-state index contributed by atoms with van der Waals surface area (Å²) in [4.78, 5) is 30.0. The molecule has 2 heterocycles. The maximum absolute atomic E-state index is 13.5. The molecule has 3 aromatic rings. The van der Waals surface area contributed by atoms with E-state index in [0.717, 1.165) is 29.7 Å². The van der Waals surface area contributed by atoms with Gasteiger partial charge in [-0.05, 0) is 49.7 Å². The van der Waals surface area contributed by atoms with E-state index in [9.17, 15) is 9.59 Å². The molecular formula is C23H23BrClN2O3+. The Hall–Kier alpha value is -2.15. The molecule has 4 rings (SSSR count). The number of fused-ring (bicyclic) bond motifs is 2. The van der Waals surface area contributed by atoms with Gasteiger partial charge >= 0.3 is 0 Å². The molecule has 0 spiro atoms. The van der Waals surface area contributed by atoms with E-state index in [-0.39, 0.29) is 17.1 Å². The van der Waals surface area contributed by atoms with Crippen molar-refractivity contribution in [1.82, 2.24) is 4.90 Å². The lowest BCUT2D eigenvalue weighted by Crippen LogP contribution is -3.12. The zero-order valence-electron chi connectivity index (χ0n) is 16.9. The standard InChI is InChI=1S/C23H22BrClN2O3/c1-3-26(4-2)11-12-27-20(14-5-8-16(25)9-6-14)19-21(28)17-13-15(24)7-10-18(17)30-22(19)23(27)29/h5-10,13,20H,3-4,11-12H2,1-2H3/p+1. The summed E-state index contributed by atoms with van der Waals surface area (Å²) in [5, 5.41) is 1.07. The Morgan fingerprint density at radius 2 is 1.80 bits per heavy atom. The largest absolute Gasteiger partial charge is 0.450 e. The van der Waals surface area contributed by atoms with Crippen LogP contribution >= 0.6 is 27.5 Å². The van der Waals surface area contributed by atoms with Crippen LogP contribution in [0.25, 0.3) is 11.0 Å². The molecule has 2 aromatic carbocycles. The van der Waals surface area contributed by atoms with Crippen LogP contribution in [0.3, 0.4) is 0 Å². The van der Waals surface area contributed by atoms with Crippen LogP contribution in [-0.2, 0) is 0 Å². The minimum absolute atomic E-state index is 0.143. The molecule has 1 aliphatic heterocycles. The minimum Gasteiger partial charge on any atom is -0.450 e. The lowest BCUT2D eigenvalue weighted by molar-refractivity contribution is -0.895. The van der Waals surface area contributed by atoms with Crippen LogP contribution in [0.1, 0.15) is 41.6 Å². The number of halogens is 2. The van der Waals surface area contributed by atoms with E-state index < -0.39 is 6.04 Å². The maximum atomic E-state index is 13.5. The number of rotatable bonds is 6. The van der Waals surface area contributed by atoms with E-state index in [0.29, 0.717) is 28.1 Å². The van der Waals surface area contributed by atoms with Gasteiger partial charge in [0.15, 0.2) is 5.43 Å². The summed E-state index contributed by atoms with van der Waals surface area (Å²) in [6, 6.07) is 12.1. The van der Waals surface area contributed by atoms with Gasteiger partial charge in [0.05, 0.1) is 43.2 Å². The predicted octanol–water partition coefficient (Wildman–Crippen LogP) is 3.68. The fourth-order valence-electron chi connectivity index (χ4n) is 4.10. The van der Waals surface area contributed by atoms with Gasteiger partial charge in [-0.3, -0.25) is 9.59 Å². The molecule has 0 bridgehead atoms. The normalized spacial score (nSPS) is 16.0. The summed E-state index contributed by atoms with van der Waals surface area (Å²) < 4.78 is 6.76. The molecule has 0 fully saturated rings. The fourth-order valence-corrected chi connectivity index (χ4v) is 4.58. The van der Waals surface area contributed by atoms with E-state index in [1.165, 1.54) is 4.90 Å². The first-order valence-electron chi connectivity index (χ1n) is 10.1. The Balaban J connectivity index is 1.87. The zero-order valence-corrected chi connectivity index (χ0v) is 19.2. The molecule has 30 heavy (non-hydrogen) atoms. The highest BCUT2D eigenvalue weighted by Gasteiger charge is 2.42. The second-order valence-corrected chi connectivity index (χ2v) is 8.83. The molecule has 156 valence electrons. The lowest BCUT2D eigenvalue weighted by Gasteiger charge is -2.26. The average molecular weight is 491 g/mol. The Kier molecular flexibility index (Phi) is 6.00. The van der Waals surface area contributed by atoms with Gasteiger partial charge in [0.1, 0.15) is 5.58 Å². The van der Waals surface area contributed by atoms with Crippen LogP contribution in [0.15, 0.2) is 56.1 Å². The summed E-state index contributed by atoms with van der Waals surface area (Å²) in [5.74, 6) is -0.0947. The molecule has 1 amide bonds. The fraction of sp³-hybridized carbons (Fsp3) is 0.304. The van der Waals surface area contributed by atoms with Crippen molar-refractivity contribution >= 4 is 44.4 Å². The Morgan fingerprint density at radius 1 is 1.10 bits per heavy atom. The number of nitrogens with one attached hydrogen (secondary N) is 1. The summed E-state index contributed by atoms with van der Waals surface area (Å²) in [5.41, 5.74) is 1.50. The lowest BCUT2D eigenvalue weighted by atomic mass is 9.98. The third-order valence-electron chi connectivity index (χ3n) is 5.82. The van der Waals surface area contributed by atoms with Crippen molar-refractivity contribution in [1.29, 1.82) is 0 Å². The van der Waals surface area contributed by atoms with E-state index in [1.807, 2.05) is 12.1 Å². The molecule has 1 unspecified atom stereocenters. The van der Waals surface area contributed by atoms with Gasteiger partial charge in [0.25, 0.3) is 5.91 Å². The molecule has 7 heteroatoms. The van der Waals surface area contributed by atoms with Crippen molar-refractivity contribution in [3.8, 4) is 0 Å². The number of hydrogen-bond donors (Lipinski definition) is 1. The summed E-state index contributed by atoms with van der Waals surface area (Å²) in [6.45, 7) is 7.55. The molecule has 0 saturated heterocycles. The van der Waals surface area contributed by atoms with Crippen LogP contribution in [0.5, 0.6) is 0 Å². The molecule has 5 nitrogen and oxygen atoms in total. The minimum atomic E-state index is -0.487. The highest BCUT2D eigenvalue weighted by atomic mass is 79.9. The van der Waals surface area contributed by atoms with Crippen LogP contribution in [0, 0.1) is 0 Å². The summed E-state index contributed by atoms with van der Waals surface area (Å²) in [7, 11) is 0. The Bertz CT molecular complexity index is 1160. The van der Waals surface area contributed by atoms with Gasteiger partial charge in [-0.2, -0.15) is 0 Å². The number of carbonyl (C=O) groups is 1. The van der Waals surface area contributed by atoms with Crippen LogP contribution in [-0.4, -0.2) is 37.0 Å². The van der Waals surface area contributed by atoms with Crippen molar-refractivity contribution in [2.75, 3.05) is 26.2 Å². The predicted molar refractivity (Wildman–Crippen MR) is 121 cm³/mol. The van der Waals surface area contributed by atoms with Crippen molar-refractivity contribution in [2.24, 2.45) is 0 Å². The van der Waals surface area contributed by atoms with Gasteiger partial charge < -0.3 is 14.2 Å². The van der Waals surface area contributed by atoms with Gasteiger partial charge in [0, 0.05) is 9.50 Å². The number of hydrogen-bond acceptors (Lipinski definition) is 3. The van der Waals surface area contributed by atoms with Gasteiger partial charge in [-0.25, -0.2) is 0 Å². The third-order valence-corrected chi connectivity index (χ3v) is 6.56. The summed E-state index contributed by atoms with van der Waals surface area (Å²) in [6.07, 6.45) is 0. The third kappa shape index (κ3) is 3.68. The molecule has 0 aliphatic carbocycles. The number of likely N-dealkylation sites (N-methyl/N-ethyl adjacent to an activating group) is 1. The van der Waals surface area contributed by atoms with Gasteiger partial charge in [-0.15, -0.1) is 0 Å². The smallest absolute Gasteiger partial charge is 0.291 e. The monoisotopic (exact) mass is 489 g/mol. The van der Waals surface area contributed by atoms with E-state index in [1.54, 1.807) is 35.2 Å². The molecule has 1 N–H and O–H groups in total. The van der Waals surface area contributed by atoms with E-state index in [2.05, 4.69) is 29.8 Å². The summed E-state index contributed by atoms with van der Waals surface area (Å²) >= 11 is 9.50. The second kappa shape index (κ2) is 8.53. The molecular weight excluding hydrogens is 468 g/mol. The first-order chi connectivity index (χ1) is 14.4. The van der Waals surface area contributed by atoms with Crippen molar-refractivity contribution in [2.45, 2.75) is 19.9 Å². The zero-order chi connectivity index (χ0) is 21.4. The number of nitrogens with zero attached hydrogens (tertiary/aromatic N) is 1. The molecule has 0 radical (unpaired) electrons. The second-order valence-electron chi connectivity index (χ2n) is 7.47. The number of benzene rings is 2. The number of amides is 1. The quantitative estimate of drug-likeness (QED) is 0.573. The highest BCUT2D eigenvalue weighted by molar-refractivity contribution is 9.10. The first-order valence-corrected chi connectivity index (χ1v) is 11.3. The Labute approximate surface area is 188 Å². The van der Waals surface area contributed by atoms with Crippen molar-refractivity contribution < 1.29 is 14.1 Å². The average Bonchev–Trinajstić information content (AvgIpc) is 3.02. The van der Waals surface area contributed by atoms with E-state index in [4.69, 9.17) is 16.0 Å². The van der Waals surface area contributed by atoms with Crippen LogP contribution in [0.4, 0.5) is 0 Å². The topological polar surface area (TPSA) is 55.0 Å². The highest BCUT2D eigenvalue weighted by Crippen LogP contribution is 2.38. The van der Waals surface area contributed by atoms with Gasteiger partial charge in [0.2, 0.25) is 5.76 Å². The molecule has 0 saturated carbocycles. The van der Waals surface area contributed by atoms with Crippen molar-refractivity contribution in [3.05, 3.63) is 79.1 Å². The maximum Gasteiger partial charge on any atom is 0.291 e. The number of carbonyl (C=O) groups excluding carboxylic acids is 1.